The zero-order chi connectivity index (χ0) is 20.4. The van der Waals surface area contributed by atoms with Crippen molar-refractivity contribution in [1.29, 1.82) is 0 Å². The molecule has 28 heavy (non-hydrogen) atoms. The van der Waals surface area contributed by atoms with Crippen LogP contribution in [0.5, 0.6) is 0 Å². The summed E-state index contributed by atoms with van der Waals surface area (Å²) in [4.78, 5) is 49.6. The molecule has 1 N–H and O–H groups in total. The fraction of sp³-hybridized carbons (Fsp3) is 0.158. The zero-order valence-electron chi connectivity index (χ0n) is 14.6. The van der Waals surface area contributed by atoms with Gasteiger partial charge in [0.15, 0.2) is 6.61 Å². The molecule has 3 rings (SSSR count). The van der Waals surface area contributed by atoms with Crippen LogP contribution in [0.1, 0.15) is 27.6 Å². The fourth-order valence-corrected chi connectivity index (χ4v) is 2.87. The van der Waals surface area contributed by atoms with Crippen LogP contribution in [0.25, 0.3) is 0 Å². The summed E-state index contributed by atoms with van der Waals surface area (Å²) in [5, 5.41) is 2.22. The van der Waals surface area contributed by atoms with E-state index < -0.39 is 42.2 Å². The van der Waals surface area contributed by atoms with Crippen LogP contribution in [0.15, 0.2) is 42.5 Å². The molecular formula is C19H14ClFN2O5. The van der Waals surface area contributed by atoms with E-state index in [-0.39, 0.29) is 21.8 Å². The third-order valence-corrected chi connectivity index (χ3v) is 4.39. The SMILES string of the molecule is C[C@H](C(=O)OCC(=O)Nc1ccc(F)c(Cl)c1)N1C(=O)c2ccccc2C1=O. The summed E-state index contributed by atoms with van der Waals surface area (Å²) in [5.74, 6) is -3.45. The Kier molecular flexibility index (Phi) is 5.41. The van der Waals surface area contributed by atoms with Crippen LogP contribution in [-0.4, -0.2) is 41.2 Å². The van der Waals surface area contributed by atoms with E-state index in [9.17, 15) is 23.6 Å². The molecule has 7 nitrogen and oxygen atoms in total. The molecule has 0 unspecified atom stereocenters. The van der Waals surface area contributed by atoms with E-state index in [4.69, 9.17) is 16.3 Å². The fourth-order valence-electron chi connectivity index (χ4n) is 2.69. The molecule has 1 aliphatic rings. The van der Waals surface area contributed by atoms with E-state index in [2.05, 4.69) is 5.32 Å². The molecule has 0 radical (unpaired) electrons. The summed E-state index contributed by atoms with van der Waals surface area (Å²) in [7, 11) is 0. The van der Waals surface area contributed by atoms with Crippen molar-refractivity contribution in [2.24, 2.45) is 0 Å². The Balaban J connectivity index is 1.59. The number of carbonyl (C=O) groups is 4. The molecule has 2 aromatic rings. The minimum atomic E-state index is -1.21. The van der Waals surface area contributed by atoms with Gasteiger partial charge in [0.1, 0.15) is 11.9 Å². The molecule has 0 aliphatic carbocycles. The summed E-state index contributed by atoms with van der Waals surface area (Å²) in [6, 6.07) is 8.59. The molecule has 0 aromatic heterocycles. The Morgan fingerprint density at radius 2 is 1.75 bits per heavy atom. The van der Waals surface area contributed by atoms with Crippen molar-refractivity contribution in [1.82, 2.24) is 4.90 Å². The largest absolute Gasteiger partial charge is 0.454 e. The zero-order valence-corrected chi connectivity index (χ0v) is 15.3. The van der Waals surface area contributed by atoms with Gasteiger partial charge < -0.3 is 10.1 Å². The molecule has 0 spiro atoms. The first-order valence-corrected chi connectivity index (χ1v) is 8.56. The lowest BCUT2D eigenvalue weighted by Gasteiger charge is -2.20. The normalized spacial score (nSPS) is 13.9. The monoisotopic (exact) mass is 404 g/mol. The summed E-state index contributed by atoms with van der Waals surface area (Å²) in [6.07, 6.45) is 0. The van der Waals surface area contributed by atoms with Gasteiger partial charge in [0.05, 0.1) is 16.1 Å². The van der Waals surface area contributed by atoms with Gasteiger partial charge in [-0.15, -0.1) is 0 Å². The van der Waals surface area contributed by atoms with Gasteiger partial charge in [0.2, 0.25) is 0 Å². The smallest absolute Gasteiger partial charge is 0.329 e. The molecule has 144 valence electrons. The van der Waals surface area contributed by atoms with Crippen LogP contribution in [0.4, 0.5) is 10.1 Å². The number of amides is 3. The number of hydrogen-bond acceptors (Lipinski definition) is 5. The minimum absolute atomic E-state index is 0.172. The molecule has 3 amide bonds. The number of halogens is 2. The number of esters is 1. The maximum absolute atomic E-state index is 13.1. The van der Waals surface area contributed by atoms with Gasteiger partial charge in [-0.1, -0.05) is 23.7 Å². The highest BCUT2D eigenvalue weighted by molar-refractivity contribution is 6.31. The van der Waals surface area contributed by atoms with Gasteiger partial charge in [0.25, 0.3) is 17.7 Å². The van der Waals surface area contributed by atoms with E-state index in [0.29, 0.717) is 0 Å². The van der Waals surface area contributed by atoms with Crippen LogP contribution in [0, 0.1) is 5.82 Å². The second-order valence-electron chi connectivity index (χ2n) is 5.99. The summed E-state index contributed by atoms with van der Waals surface area (Å²) >= 11 is 5.62. The Morgan fingerprint density at radius 1 is 1.14 bits per heavy atom. The predicted molar refractivity (Wildman–Crippen MR) is 97.4 cm³/mol. The summed E-state index contributed by atoms with van der Waals surface area (Å²) < 4.78 is 18.0. The van der Waals surface area contributed by atoms with Crippen molar-refractivity contribution >= 4 is 41.0 Å². The maximum Gasteiger partial charge on any atom is 0.329 e. The molecule has 0 saturated heterocycles. The van der Waals surface area contributed by atoms with Crippen LogP contribution in [-0.2, 0) is 14.3 Å². The third kappa shape index (κ3) is 3.72. The second kappa shape index (κ2) is 7.77. The van der Waals surface area contributed by atoms with E-state index in [1.807, 2.05) is 0 Å². The summed E-state index contributed by atoms with van der Waals surface area (Å²) in [5.41, 5.74) is 0.636. The number of imide groups is 1. The van der Waals surface area contributed by atoms with Gasteiger partial charge in [-0.05, 0) is 37.3 Å². The maximum atomic E-state index is 13.1. The minimum Gasteiger partial charge on any atom is -0.454 e. The number of carbonyl (C=O) groups excluding carboxylic acids is 4. The van der Waals surface area contributed by atoms with Gasteiger partial charge >= 0.3 is 5.97 Å². The van der Waals surface area contributed by atoms with Crippen molar-refractivity contribution in [2.45, 2.75) is 13.0 Å². The Bertz CT molecular complexity index is 959. The van der Waals surface area contributed by atoms with Gasteiger partial charge in [-0.25, -0.2) is 9.18 Å². The first-order chi connectivity index (χ1) is 13.3. The van der Waals surface area contributed by atoms with Crippen LogP contribution in [0.3, 0.4) is 0 Å². The standard InChI is InChI=1S/C19H14ClFN2O5/c1-10(23-17(25)12-4-2-3-5-13(12)18(23)26)19(27)28-9-16(24)22-11-6-7-15(21)14(20)8-11/h2-8,10H,9H2,1H3,(H,22,24)/t10-/m1/s1. The van der Waals surface area contributed by atoms with Crippen LogP contribution >= 0.6 is 11.6 Å². The van der Waals surface area contributed by atoms with Crippen molar-refractivity contribution in [2.75, 3.05) is 11.9 Å². The first-order valence-electron chi connectivity index (χ1n) is 8.18. The highest BCUT2D eigenvalue weighted by Crippen LogP contribution is 2.25. The van der Waals surface area contributed by atoms with E-state index in [1.54, 1.807) is 12.1 Å². The number of rotatable bonds is 5. The Morgan fingerprint density at radius 3 is 2.32 bits per heavy atom. The number of nitrogens with zero attached hydrogens (tertiary/aromatic N) is 1. The molecule has 0 fully saturated rings. The number of anilines is 1. The summed E-state index contributed by atoms with van der Waals surface area (Å²) in [6.45, 7) is 0.684. The Hall–Kier alpha value is -3.26. The average molecular weight is 405 g/mol. The van der Waals surface area contributed by atoms with Crippen molar-refractivity contribution in [3.63, 3.8) is 0 Å². The topological polar surface area (TPSA) is 92.8 Å². The molecule has 0 bridgehead atoms. The molecule has 1 aliphatic heterocycles. The second-order valence-corrected chi connectivity index (χ2v) is 6.39. The number of hydrogen-bond donors (Lipinski definition) is 1. The molecule has 0 saturated carbocycles. The van der Waals surface area contributed by atoms with Crippen molar-refractivity contribution in [3.05, 3.63) is 64.4 Å². The Labute approximate surface area is 164 Å². The number of fused-ring (bicyclic) bond motifs is 1. The highest BCUT2D eigenvalue weighted by atomic mass is 35.5. The van der Waals surface area contributed by atoms with E-state index in [1.165, 1.54) is 31.2 Å². The van der Waals surface area contributed by atoms with Crippen molar-refractivity contribution < 1.29 is 28.3 Å². The first kappa shape index (κ1) is 19.5. The third-order valence-electron chi connectivity index (χ3n) is 4.10. The van der Waals surface area contributed by atoms with Gasteiger partial charge in [-0.2, -0.15) is 0 Å². The van der Waals surface area contributed by atoms with Gasteiger partial charge in [0, 0.05) is 5.69 Å². The van der Waals surface area contributed by atoms with E-state index >= 15 is 0 Å². The van der Waals surface area contributed by atoms with Crippen LogP contribution in [0.2, 0.25) is 5.02 Å². The van der Waals surface area contributed by atoms with Crippen LogP contribution < -0.4 is 5.32 Å². The lowest BCUT2D eigenvalue weighted by Crippen LogP contribution is -2.44. The molecule has 9 heteroatoms. The van der Waals surface area contributed by atoms with Crippen molar-refractivity contribution in [3.8, 4) is 0 Å². The molecule has 2 aromatic carbocycles. The predicted octanol–water partition coefficient (Wildman–Crippen LogP) is 2.65. The molecule has 1 atom stereocenters. The highest BCUT2D eigenvalue weighted by Gasteiger charge is 2.41. The number of ether oxygens (including phenoxy) is 1. The van der Waals surface area contributed by atoms with Gasteiger partial charge in [-0.3, -0.25) is 19.3 Å². The molecular weight excluding hydrogens is 391 g/mol. The van der Waals surface area contributed by atoms with E-state index in [0.717, 1.165) is 11.0 Å². The number of nitrogens with one attached hydrogen (secondary N) is 1. The average Bonchev–Trinajstić information content (AvgIpc) is 2.93. The lowest BCUT2D eigenvalue weighted by atomic mass is 10.1. The lowest BCUT2D eigenvalue weighted by molar-refractivity contribution is -0.150. The number of benzene rings is 2. The quantitative estimate of drug-likeness (QED) is 0.611. The molecule has 1 heterocycles.